The van der Waals surface area contributed by atoms with E-state index in [0.29, 0.717) is 0 Å². The number of nitrogens with two attached hydrogens (primary N) is 1. The zero-order valence-corrected chi connectivity index (χ0v) is 8.98. The Bertz CT molecular complexity index is 665. The summed E-state index contributed by atoms with van der Waals surface area (Å²) in [5.41, 5.74) is 3.93. The second-order valence-corrected chi connectivity index (χ2v) is 3.25. The van der Waals surface area contributed by atoms with Gasteiger partial charge in [-0.3, -0.25) is 14.9 Å². The standard InChI is InChI=1S/C11H12N2O5/c12-7(10(15)16)5-9(14)6-3-1-2-4-8(6)13-11(17)18/h1-4,7,13H,5,12H2,(H,15,16)(H,17,18)/i1D,2D,3D,4D. The van der Waals surface area contributed by atoms with Crippen LogP contribution in [0.25, 0.3) is 0 Å². The van der Waals surface area contributed by atoms with Crippen molar-refractivity contribution in [1.29, 1.82) is 0 Å². The zero-order chi connectivity index (χ0) is 17.2. The van der Waals surface area contributed by atoms with Gasteiger partial charge in [0, 0.05) is 12.0 Å². The molecule has 1 atom stereocenters. The number of carboxylic acids is 1. The molecular weight excluding hydrogens is 240 g/mol. The van der Waals surface area contributed by atoms with Crippen molar-refractivity contribution >= 4 is 23.5 Å². The molecule has 0 aliphatic rings. The molecule has 0 saturated heterocycles. The molecule has 18 heavy (non-hydrogen) atoms. The summed E-state index contributed by atoms with van der Waals surface area (Å²) >= 11 is 0. The van der Waals surface area contributed by atoms with Gasteiger partial charge in [-0.05, 0) is 12.1 Å². The Morgan fingerprint density at radius 2 is 1.94 bits per heavy atom. The first kappa shape index (κ1) is 8.65. The number of aliphatic carboxylic acids is 1. The van der Waals surface area contributed by atoms with Crippen LogP contribution in [0.3, 0.4) is 0 Å². The van der Waals surface area contributed by atoms with Crippen molar-refractivity contribution in [3.63, 3.8) is 0 Å². The Kier molecular flexibility index (Phi) is 2.78. The van der Waals surface area contributed by atoms with Gasteiger partial charge in [0.1, 0.15) is 6.04 Å². The molecule has 0 saturated carbocycles. The number of ketones is 1. The Balaban J connectivity index is 3.47. The van der Waals surface area contributed by atoms with E-state index < -0.39 is 65.7 Å². The topological polar surface area (TPSA) is 130 Å². The first-order chi connectivity index (χ1) is 10.1. The summed E-state index contributed by atoms with van der Waals surface area (Å²) in [7, 11) is 0. The van der Waals surface area contributed by atoms with Crippen molar-refractivity contribution < 1.29 is 30.1 Å². The van der Waals surface area contributed by atoms with Crippen LogP contribution in [0, 0.1) is 0 Å². The van der Waals surface area contributed by atoms with Crippen molar-refractivity contribution in [2.24, 2.45) is 5.73 Å². The highest BCUT2D eigenvalue weighted by Gasteiger charge is 2.19. The summed E-state index contributed by atoms with van der Waals surface area (Å²) in [5, 5.41) is 19.1. The maximum Gasteiger partial charge on any atom is 0.409 e. The van der Waals surface area contributed by atoms with Gasteiger partial charge in [0.15, 0.2) is 5.78 Å². The Hall–Kier alpha value is -2.41. The largest absolute Gasteiger partial charge is 0.480 e. The lowest BCUT2D eigenvalue weighted by atomic mass is 10.0. The number of carbonyl (C=O) groups is 3. The first-order valence-electron chi connectivity index (χ1n) is 6.69. The SMILES string of the molecule is [2H]c1c([2H])c([2H])c(C(=O)CC(N)C(=O)O)c(NC(=O)O)c1[2H]. The van der Waals surface area contributed by atoms with E-state index in [4.69, 9.17) is 21.4 Å². The lowest BCUT2D eigenvalue weighted by Gasteiger charge is -2.09. The van der Waals surface area contributed by atoms with Gasteiger partial charge in [-0.15, -0.1) is 0 Å². The van der Waals surface area contributed by atoms with Crippen LogP contribution in [-0.2, 0) is 4.79 Å². The molecule has 7 heteroatoms. The average molecular weight is 256 g/mol. The molecular formula is C11H12N2O5. The van der Waals surface area contributed by atoms with Crippen molar-refractivity contribution in [2.45, 2.75) is 12.5 Å². The van der Waals surface area contributed by atoms with Gasteiger partial charge in [0.2, 0.25) is 0 Å². The Morgan fingerprint density at radius 1 is 1.33 bits per heavy atom. The van der Waals surface area contributed by atoms with Crippen LogP contribution in [0.2, 0.25) is 0 Å². The molecule has 0 fully saturated rings. The third kappa shape index (κ3) is 3.56. The maximum absolute atomic E-state index is 12.1. The van der Waals surface area contributed by atoms with Crippen molar-refractivity contribution in [2.75, 3.05) is 5.32 Å². The van der Waals surface area contributed by atoms with Gasteiger partial charge >= 0.3 is 12.1 Å². The van der Waals surface area contributed by atoms with Crippen LogP contribution in [0.15, 0.2) is 24.2 Å². The molecule has 1 amide bonds. The van der Waals surface area contributed by atoms with E-state index in [2.05, 4.69) is 0 Å². The predicted octanol–water partition coefficient (Wildman–Crippen LogP) is 0.761. The fourth-order valence-electron chi connectivity index (χ4n) is 1.11. The summed E-state index contributed by atoms with van der Waals surface area (Å²) in [6.07, 6.45) is -2.38. The molecule has 5 N–H and O–H groups in total. The molecule has 0 aromatic heterocycles. The van der Waals surface area contributed by atoms with Crippen LogP contribution in [0.4, 0.5) is 10.5 Å². The third-order valence-electron chi connectivity index (χ3n) is 1.92. The summed E-state index contributed by atoms with van der Waals surface area (Å²) in [6.45, 7) is 0. The van der Waals surface area contributed by atoms with Crippen LogP contribution >= 0.6 is 0 Å². The second-order valence-electron chi connectivity index (χ2n) is 3.25. The van der Waals surface area contributed by atoms with Crippen molar-refractivity contribution in [3.8, 4) is 0 Å². The van der Waals surface area contributed by atoms with E-state index in [1.54, 1.807) is 5.32 Å². The van der Waals surface area contributed by atoms with Crippen molar-refractivity contribution in [3.05, 3.63) is 29.7 Å². The van der Waals surface area contributed by atoms with Gasteiger partial charge in [0.25, 0.3) is 0 Å². The Morgan fingerprint density at radius 3 is 2.50 bits per heavy atom. The second kappa shape index (κ2) is 5.78. The van der Waals surface area contributed by atoms with E-state index in [9.17, 15) is 14.4 Å². The quantitative estimate of drug-likeness (QED) is 0.575. The van der Waals surface area contributed by atoms with Gasteiger partial charge < -0.3 is 15.9 Å². The molecule has 0 bridgehead atoms. The molecule has 0 spiro atoms. The number of anilines is 1. The zero-order valence-electron chi connectivity index (χ0n) is 13.0. The summed E-state index contributed by atoms with van der Waals surface area (Å²) in [4.78, 5) is 33.5. The van der Waals surface area contributed by atoms with Gasteiger partial charge in [-0.1, -0.05) is 12.1 Å². The smallest absolute Gasteiger partial charge is 0.409 e. The van der Waals surface area contributed by atoms with Crippen LogP contribution in [0.5, 0.6) is 0 Å². The Labute approximate surface area is 108 Å². The number of hydrogen-bond acceptors (Lipinski definition) is 4. The molecule has 0 heterocycles. The number of rotatable bonds is 5. The molecule has 1 aromatic rings. The van der Waals surface area contributed by atoms with Crippen LogP contribution in [-0.4, -0.2) is 34.1 Å². The number of Topliss-reactive ketones (excluding diaryl/α,β-unsaturated/α-hetero) is 1. The minimum absolute atomic E-state index is 0.638. The number of para-hydroxylation sites is 1. The lowest BCUT2D eigenvalue weighted by molar-refractivity contribution is -0.138. The number of benzene rings is 1. The number of carboxylic acid groups (broad SMARTS) is 2. The molecule has 0 aliphatic carbocycles. The van der Waals surface area contributed by atoms with Gasteiger partial charge in [0.05, 0.1) is 11.2 Å². The minimum atomic E-state index is -1.64. The summed E-state index contributed by atoms with van der Waals surface area (Å²) < 4.78 is 30.2. The monoisotopic (exact) mass is 256 g/mol. The highest BCUT2D eigenvalue weighted by atomic mass is 16.4. The minimum Gasteiger partial charge on any atom is -0.480 e. The molecule has 7 nitrogen and oxygen atoms in total. The molecule has 0 radical (unpaired) electrons. The number of carbonyl (C=O) groups excluding carboxylic acids is 1. The normalized spacial score (nSPS) is 14.7. The van der Waals surface area contributed by atoms with Crippen molar-refractivity contribution in [1.82, 2.24) is 0 Å². The maximum atomic E-state index is 12.1. The average Bonchev–Trinajstić information content (AvgIpc) is 2.41. The summed E-state index contributed by atoms with van der Waals surface area (Å²) in [5.74, 6) is -2.48. The summed E-state index contributed by atoms with van der Waals surface area (Å²) in [6, 6.07) is -4.58. The predicted molar refractivity (Wildman–Crippen MR) is 62.6 cm³/mol. The number of nitrogens with one attached hydrogen (secondary N) is 1. The molecule has 96 valence electrons. The van der Waals surface area contributed by atoms with Crippen LogP contribution in [0.1, 0.15) is 22.3 Å². The lowest BCUT2D eigenvalue weighted by Crippen LogP contribution is -2.32. The van der Waals surface area contributed by atoms with Crippen LogP contribution < -0.4 is 11.1 Å². The number of hydrogen-bond donors (Lipinski definition) is 4. The molecule has 1 aromatic carbocycles. The van der Waals surface area contributed by atoms with E-state index in [0.717, 1.165) is 0 Å². The molecule has 1 unspecified atom stereocenters. The van der Waals surface area contributed by atoms with E-state index in [-0.39, 0.29) is 0 Å². The van der Waals surface area contributed by atoms with Gasteiger partial charge in [-0.25, -0.2) is 4.79 Å². The fourth-order valence-corrected chi connectivity index (χ4v) is 1.11. The first-order valence-corrected chi connectivity index (χ1v) is 4.69. The molecule has 0 aliphatic heterocycles. The number of amides is 1. The fraction of sp³-hybridized carbons (Fsp3) is 0.182. The molecule has 1 rings (SSSR count). The highest BCUT2D eigenvalue weighted by Crippen LogP contribution is 2.17. The van der Waals surface area contributed by atoms with E-state index >= 15 is 0 Å². The highest BCUT2D eigenvalue weighted by molar-refractivity contribution is 6.05. The van der Waals surface area contributed by atoms with Gasteiger partial charge in [-0.2, -0.15) is 0 Å². The van der Waals surface area contributed by atoms with E-state index in [1.165, 1.54) is 0 Å². The van der Waals surface area contributed by atoms with E-state index in [1.807, 2.05) is 0 Å². The third-order valence-corrected chi connectivity index (χ3v) is 1.92.